The van der Waals surface area contributed by atoms with Crippen molar-refractivity contribution >= 4 is 28.2 Å². The van der Waals surface area contributed by atoms with E-state index in [0.717, 1.165) is 22.9 Å². The molecular formula is C14H16N2O4S. The van der Waals surface area contributed by atoms with Crippen LogP contribution in [0, 0.1) is 6.92 Å². The van der Waals surface area contributed by atoms with Crippen LogP contribution in [0.4, 0.5) is 5.13 Å². The monoisotopic (exact) mass is 308 g/mol. The van der Waals surface area contributed by atoms with Crippen LogP contribution in [-0.2, 0) is 11.3 Å². The minimum Gasteiger partial charge on any atom is -0.465 e. The quantitative estimate of drug-likeness (QED) is 0.652. The van der Waals surface area contributed by atoms with Gasteiger partial charge in [-0.05, 0) is 26.0 Å². The van der Waals surface area contributed by atoms with Crippen molar-refractivity contribution in [1.29, 1.82) is 0 Å². The Hall–Kier alpha value is -2.15. The number of anilines is 1. The lowest BCUT2D eigenvalue weighted by atomic mass is 10.3. The second kappa shape index (κ2) is 6.53. The van der Waals surface area contributed by atoms with Crippen LogP contribution in [0.15, 0.2) is 16.5 Å². The summed E-state index contributed by atoms with van der Waals surface area (Å²) < 4.78 is 10.3. The van der Waals surface area contributed by atoms with Crippen LogP contribution in [0.5, 0.6) is 0 Å². The third-order valence-corrected chi connectivity index (χ3v) is 3.74. The average Bonchev–Trinajstić information content (AvgIpc) is 3.03. The molecule has 0 unspecified atom stereocenters. The normalized spacial score (nSPS) is 10.4. The molecule has 21 heavy (non-hydrogen) atoms. The number of hydrogen-bond donors (Lipinski definition) is 1. The number of furan rings is 1. The smallest absolute Gasteiger partial charge is 0.358 e. The van der Waals surface area contributed by atoms with Gasteiger partial charge in [0.05, 0.1) is 13.2 Å². The van der Waals surface area contributed by atoms with Gasteiger partial charge in [-0.2, -0.15) is 0 Å². The lowest BCUT2D eigenvalue weighted by Gasteiger charge is -1.99. The molecule has 2 heterocycles. The van der Waals surface area contributed by atoms with E-state index in [2.05, 4.69) is 10.3 Å². The predicted molar refractivity (Wildman–Crippen MR) is 78.8 cm³/mol. The van der Waals surface area contributed by atoms with Crippen LogP contribution in [0.1, 0.15) is 45.5 Å². The van der Waals surface area contributed by atoms with Gasteiger partial charge in [-0.1, -0.05) is 11.3 Å². The van der Waals surface area contributed by atoms with Crippen molar-refractivity contribution in [3.05, 3.63) is 34.2 Å². The number of aryl methyl sites for hydroxylation is 1. The van der Waals surface area contributed by atoms with Crippen molar-refractivity contribution in [1.82, 2.24) is 4.98 Å². The summed E-state index contributed by atoms with van der Waals surface area (Å²) in [5.74, 6) is 0.783. The fraction of sp³-hybridized carbons (Fsp3) is 0.357. The summed E-state index contributed by atoms with van der Waals surface area (Å²) in [5.41, 5.74) is 0.0625. The van der Waals surface area contributed by atoms with Crippen molar-refractivity contribution in [2.75, 3.05) is 11.9 Å². The molecule has 0 saturated carbocycles. The van der Waals surface area contributed by atoms with E-state index in [1.54, 1.807) is 6.92 Å². The summed E-state index contributed by atoms with van der Waals surface area (Å²) in [6.45, 7) is 5.63. The lowest BCUT2D eigenvalue weighted by molar-refractivity contribution is 0.0517. The summed E-state index contributed by atoms with van der Waals surface area (Å²) in [7, 11) is 0. The molecule has 0 bridgehead atoms. The molecule has 0 saturated heterocycles. The third-order valence-electron chi connectivity index (χ3n) is 2.63. The number of hydrogen-bond acceptors (Lipinski definition) is 7. The molecule has 2 aromatic heterocycles. The summed E-state index contributed by atoms with van der Waals surface area (Å²) >= 11 is 1.13. The number of carbonyl (C=O) groups excluding carboxylic acids is 2. The van der Waals surface area contributed by atoms with E-state index in [1.807, 2.05) is 19.1 Å². The Morgan fingerprint density at radius 1 is 1.43 bits per heavy atom. The van der Waals surface area contributed by atoms with Gasteiger partial charge in [0.2, 0.25) is 0 Å². The number of carbonyl (C=O) groups is 2. The van der Waals surface area contributed by atoms with Gasteiger partial charge in [0, 0.05) is 6.92 Å². The average molecular weight is 308 g/mol. The van der Waals surface area contributed by atoms with Gasteiger partial charge < -0.3 is 14.5 Å². The van der Waals surface area contributed by atoms with E-state index in [0.29, 0.717) is 16.6 Å². The molecule has 0 amide bonds. The van der Waals surface area contributed by atoms with Crippen LogP contribution in [0.2, 0.25) is 0 Å². The maximum absolute atomic E-state index is 11.8. The standard InChI is InChI=1S/C14H16N2O4S/c1-4-19-13(18)11-12(9(3)17)21-14(16-11)15-7-10-6-5-8(2)20-10/h5-6H,4,7H2,1-3H3,(H,15,16). The summed E-state index contributed by atoms with van der Waals surface area (Å²) in [6.07, 6.45) is 0. The number of ketones is 1. The fourth-order valence-electron chi connectivity index (χ4n) is 1.72. The Bertz CT molecular complexity index is 660. The van der Waals surface area contributed by atoms with E-state index >= 15 is 0 Å². The number of nitrogens with zero attached hydrogens (tertiary/aromatic N) is 1. The highest BCUT2D eigenvalue weighted by Gasteiger charge is 2.22. The highest BCUT2D eigenvalue weighted by atomic mass is 32.1. The molecule has 0 fully saturated rings. The molecule has 2 aromatic rings. The number of Topliss-reactive ketones (excluding diaryl/α,β-unsaturated/α-hetero) is 1. The van der Waals surface area contributed by atoms with Gasteiger partial charge in [-0.3, -0.25) is 4.79 Å². The van der Waals surface area contributed by atoms with Crippen molar-refractivity contribution in [3.8, 4) is 0 Å². The molecule has 6 nitrogen and oxygen atoms in total. The number of esters is 1. The zero-order chi connectivity index (χ0) is 15.4. The van der Waals surface area contributed by atoms with Crippen molar-refractivity contribution in [2.45, 2.75) is 27.3 Å². The van der Waals surface area contributed by atoms with Crippen molar-refractivity contribution in [2.24, 2.45) is 0 Å². The van der Waals surface area contributed by atoms with Gasteiger partial charge in [0.25, 0.3) is 0 Å². The molecular weight excluding hydrogens is 292 g/mol. The topological polar surface area (TPSA) is 81.4 Å². The number of rotatable bonds is 6. The van der Waals surface area contributed by atoms with Gasteiger partial charge >= 0.3 is 5.97 Å². The van der Waals surface area contributed by atoms with E-state index in [4.69, 9.17) is 9.15 Å². The Labute approximate surface area is 126 Å². The highest BCUT2D eigenvalue weighted by Crippen LogP contribution is 2.25. The number of nitrogens with one attached hydrogen (secondary N) is 1. The first-order chi connectivity index (χ1) is 10.0. The fourth-order valence-corrected chi connectivity index (χ4v) is 2.56. The molecule has 7 heteroatoms. The Kier molecular flexibility index (Phi) is 4.74. The maximum atomic E-state index is 11.8. The van der Waals surface area contributed by atoms with Crippen LogP contribution in [0.3, 0.4) is 0 Å². The van der Waals surface area contributed by atoms with Crippen molar-refractivity contribution < 1.29 is 18.7 Å². The maximum Gasteiger partial charge on any atom is 0.358 e. The zero-order valence-electron chi connectivity index (χ0n) is 12.1. The Morgan fingerprint density at radius 2 is 2.19 bits per heavy atom. The van der Waals surface area contributed by atoms with Crippen molar-refractivity contribution in [3.63, 3.8) is 0 Å². The summed E-state index contributed by atoms with van der Waals surface area (Å²) in [4.78, 5) is 27.8. The third kappa shape index (κ3) is 3.69. The minimum atomic E-state index is -0.583. The molecule has 2 rings (SSSR count). The first-order valence-electron chi connectivity index (χ1n) is 6.49. The summed E-state index contributed by atoms with van der Waals surface area (Å²) in [5, 5.41) is 3.52. The second-order valence-electron chi connectivity index (χ2n) is 4.34. The van der Waals surface area contributed by atoms with Crippen LogP contribution in [0.25, 0.3) is 0 Å². The van der Waals surface area contributed by atoms with E-state index < -0.39 is 5.97 Å². The molecule has 0 aromatic carbocycles. The highest BCUT2D eigenvalue weighted by molar-refractivity contribution is 7.17. The van der Waals surface area contributed by atoms with Crippen LogP contribution in [-0.4, -0.2) is 23.3 Å². The molecule has 0 aliphatic heterocycles. The molecule has 0 atom stereocenters. The summed E-state index contributed by atoms with van der Waals surface area (Å²) in [6, 6.07) is 3.72. The molecule has 0 aliphatic rings. The number of aromatic nitrogens is 1. The number of ether oxygens (including phenoxy) is 1. The Balaban J connectivity index is 2.15. The molecule has 112 valence electrons. The van der Waals surface area contributed by atoms with E-state index in [1.165, 1.54) is 6.92 Å². The largest absolute Gasteiger partial charge is 0.465 e. The molecule has 0 radical (unpaired) electrons. The minimum absolute atomic E-state index is 0.0625. The molecule has 0 aliphatic carbocycles. The lowest BCUT2D eigenvalue weighted by Crippen LogP contribution is -2.09. The SMILES string of the molecule is CCOC(=O)c1nc(NCc2ccc(C)o2)sc1C(C)=O. The second-order valence-corrected chi connectivity index (χ2v) is 5.34. The van der Waals surface area contributed by atoms with Gasteiger partial charge in [0.1, 0.15) is 16.4 Å². The van der Waals surface area contributed by atoms with Gasteiger partial charge in [0.15, 0.2) is 16.6 Å². The van der Waals surface area contributed by atoms with Crippen LogP contribution >= 0.6 is 11.3 Å². The molecule has 0 spiro atoms. The van der Waals surface area contributed by atoms with E-state index in [-0.39, 0.29) is 18.1 Å². The van der Waals surface area contributed by atoms with Gasteiger partial charge in [-0.25, -0.2) is 9.78 Å². The Morgan fingerprint density at radius 3 is 2.76 bits per heavy atom. The first kappa shape index (κ1) is 15.2. The zero-order valence-corrected chi connectivity index (χ0v) is 12.9. The number of thiazole rings is 1. The van der Waals surface area contributed by atoms with Gasteiger partial charge in [-0.15, -0.1) is 0 Å². The van der Waals surface area contributed by atoms with E-state index in [9.17, 15) is 9.59 Å². The van der Waals surface area contributed by atoms with Crippen LogP contribution < -0.4 is 5.32 Å². The predicted octanol–water partition coefficient (Wildman–Crippen LogP) is 3.04. The molecule has 1 N–H and O–H groups in total. The first-order valence-corrected chi connectivity index (χ1v) is 7.31.